The molecule has 0 radical (unpaired) electrons. The number of methoxy groups -OCH3 is 1. The smallest absolute Gasteiger partial charge is 0.250 e. The van der Waals surface area contributed by atoms with E-state index in [0.29, 0.717) is 50.1 Å². The van der Waals surface area contributed by atoms with Crippen LogP contribution in [0.4, 0.5) is 0 Å². The van der Waals surface area contributed by atoms with E-state index in [2.05, 4.69) is 100 Å². The minimum absolute atomic E-state index is 0.168. The number of aromatic nitrogens is 4. The molecule has 1 amide bonds. The van der Waals surface area contributed by atoms with E-state index in [1.807, 2.05) is 78.9 Å². The van der Waals surface area contributed by atoms with Gasteiger partial charge in [-0.25, -0.2) is 9.97 Å². The predicted molar refractivity (Wildman–Crippen MR) is 252 cm³/mol. The molecule has 0 fully saturated rings. The Balaban J connectivity index is 1.25. The summed E-state index contributed by atoms with van der Waals surface area (Å²) in [5.41, 5.74) is 14.5. The highest BCUT2D eigenvalue weighted by atomic mass is 16.6. The largest absolute Gasteiger partial charge is 0.382 e. The van der Waals surface area contributed by atoms with Crippen molar-refractivity contribution in [3.63, 3.8) is 0 Å². The fourth-order valence-corrected chi connectivity index (χ4v) is 7.94. The number of carbonyl (C=O) groups is 1. The number of rotatable bonds is 16. The van der Waals surface area contributed by atoms with Crippen LogP contribution >= 0.6 is 0 Å². The van der Waals surface area contributed by atoms with Crippen LogP contribution in [0.5, 0.6) is 0 Å². The lowest BCUT2D eigenvalue weighted by atomic mass is 10.0. The molecular weight excluding hydrogens is 787 g/mol. The van der Waals surface area contributed by atoms with Gasteiger partial charge < -0.3 is 34.2 Å². The molecule has 10 heteroatoms. The van der Waals surface area contributed by atoms with Gasteiger partial charge in [0.25, 0.3) is 0 Å². The van der Waals surface area contributed by atoms with E-state index in [1.165, 1.54) is 0 Å². The third-order valence-electron chi connectivity index (χ3n) is 10.8. The van der Waals surface area contributed by atoms with Crippen LogP contribution in [-0.2, 0) is 23.7 Å². The topological polar surface area (TPSA) is 123 Å². The van der Waals surface area contributed by atoms with Gasteiger partial charge in [0.1, 0.15) is 6.61 Å². The monoisotopic (exact) mass is 833 g/mol. The Hall–Kier alpha value is -7.21. The Labute approximate surface area is 365 Å². The molecule has 9 rings (SSSR count). The normalized spacial score (nSPS) is 12.0. The highest BCUT2D eigenvalue weighted by Crippen LogP contribution is 2.39. The summed E-state index contributed by atoms with van der Waals surface area (Å²) < 4.78 is 21.9. The van der Waals surface area contributed by atoms with Crippen molar-refractivity contribution in [1.29, 1.82) is 0 Å². The number of ether oxygens (including phenoxy) is 4. The molecule has 10 nitrogen and oxygen atoms in total. The number of nitrogens with one attached hydrogen (secondary N) is 3. The van der Waals surface area contributed by atoms with Gasteiger partial charge in [-0.15, -0.1) is 0 Å². The van der Waals surface area contributed by atoms with Gasteiger partial charge in [0.05, 0.1) is 68.1 Å². The van der Waals surface area contributed by atoms with Crippen LogP contribution in [0.25, 0.3) is 90.5 Å². The second kappa shape index (κ2) is 19.7. The molecule has 3 aromatic heterocycles. The van der Waals surface area contributed by atoms with E-state index in [1.54, 1.807) is 7.11 Å². The Kier molecular flexibility index (Phi) is 12.8. The van der Waals surface area contributed by atoms with E-state index in [9.17, 15) is 4.79 Å². The standard InChI is InChI=1S/C53H47N5O5/c1-60-28-29-61-30-31-62-32-33-63-35-48(59)57-47-34-46-51(38-18-10-4-11-19-38)44-25-24-42(55-44)49(36-14-6-2-7-15-36)40-22-23-41(54-40)50(37-16-8-3-9-17-37)43-26-27-45(56-43)52(53(47)58-46)39-20-12-5-13-21-39/h2-27,34,55-56H,28-33,35H2,1H3,(H,57,59). The zero-order chi connectivity index (χ0) is 42.8. The Morgan fingerprint density at radius 3 is 1.33 bits per heavy atom. The summed E-state index contributed by atoms with van der Waals surface area (Å²) in [4.78, 5) is 32.2. The molecule has 2 aliphatic rings. The van der Waals surface area contributed by atoms with E-state index < -0.39 is 0 Å². The summed E-state index contributed by atoms with van der Waals surface area (Å²) in [6.07, 6.45) is 6.16. The van der Waals surface area contributed by atoms with Crippen molar-refractivity contribution in [2.75, 3.05) is 53.4 Å². The summed E-state index contributed by atoms with van der Waals surface area (Å²) in [6, 6.07) is 49.4. The van der Waals surface area contributed by atoms with Crippen molar-refractivity contribution in [1.82, 2.24) is 25.3 Å². The van der Waals surface area contributed by atoms with Gasteiger partial charge >= 0.3 is 0 Å². The van der Waals surface area contributed by atoms with Crippen LogP contribution in [0, 0.1) is 0 Å². The average Bonchev–Trinajstić information content (AvgIpc) is 4.17. The fraction of sp³-hybridized carbons (Fsp3) is 0.151. The van der Waals surface area contributed by atoms with Gasteiger partial charge in [-0.1, -0.05) is 121 Å². The Morgan fingerprint density at radius 2 is 0.873 bits per heavy atom. The first kappa shape index (κ1) is 41.2. The molecule has 0 aliphatic carbocycles. The summed E-state index contributed by atoms with van der Waals surface area (Å²) in [7, 11) is 1.64. The van der Waals surface area contributed by atoms with E-state index in [0.717, 1.165) is 78.0 Å². The van der Waals surface area contributed by atoms with Crippen molar-refractivity contribution in [3.8, 4) is 44.5 Å². The van der Waals surface area contributed by atoms with Crippen molar-refractivity contribution < 1.29 is 23.7 Å². The zero-order valence-electron chi connectivity index (χ0n) is 35.0. The Morgan fingerprint density at radius 1 is 0.476 bits per heavy atom. The summed E-state index contributed by atoms with van der Waals surface area (Å²) in [5.74, 6) is -0.313. The summed E-state index contributed by atoms with van der Waals surface area (Å²) in [5, 5.41) is 3.18. The number of amides is 1. The number of benzene rings is 4. The molecule has 0 spiro atoms. The van der Waals surface area contributed by atoms with E-state index >= 15 is 0 Å². The predicted octanol–water partition coefficient (Wildman–Crippen LogP) is 10.5. The van der Waals surface area contributed by atoms with Crippen molar-refractivity contribution >= 4 is 51.9 Å². The maximum absolute atomic E-state index is 13.8. The number of fused-ring (bicyclic) bond motifs is 8. The molecule has 7 aromatic rings. The average molecular weight is 834 g/mol. The zero-order valence-corrected chi connectivity index (χ0v) is 35.0. The van der Waals surface area contributed by atoms with Gasteiger partial charge in [0, 0.05) is 51.4 Å². The highest BCUT2D eigenvalue weighted by molar-refractivity contribution is 6.04. The third-order valence-corrected chi connectivity index (χ3v) is 10.8. The van der Waals surface area contributed by atoms with Gasteiger partial charge in [0.2, 0.25) is 5.91 Å². The van der Waals surface area contributed by atoms with Crippen LogP contribution in [0.3, 0.4) is 0 Å². The van der Waals surface area contributed by atoms with Crippen LogP contribution < -0.4 is 5.32 Å². The number of carbonyl (C=O) groups excluding carboxylic acids is 1. The van der Waals surface area contributed by atoms with Crippen LogP contribution in [0.1, 0.15) is 22.8 Å². The molecule has 0 saturated heterocycles. The number of hydrogen-bond donors (Lipinski definition) is 3. The minimum Gasteiger partial charge on any atom is -0.382 e. The maximum Gasteiger partial charge on any atom is 0.250 e. The number of hydrogen-bond acceptors (Lipinski definition) is 7. The lowest BCUT2D eigenvalue weighted by Gasteiger charge is -2.11. The minimum atomic E-state index is -0.313. The third kappa shape index (κ3) is 9.35. The first-order valence-corrected chi connectivity index (χ1v) is 21.1. The molecule has 4 aromatic carbocycles. The lowest BCUT2D eigenvalue weighted by Crippen LogP contribution is -2.27. The molecule has 314 valence electrons. The van der Waals surface area contributed by atoms with Crippen LogP contribution in [0.15, 0.2) is 146 Å². The second-order valence-electron chi connectivity index (χ2n) is 15.0. The maximum atomic E-state index is 13.8. The molecule has 8 bridgehead atoms. The molecule has 0 unspecified atom stereocenters. The molecule has 0 saturated carbocycles. The molecule has 3 N–H and O–H groups in total. The van der Waals surface area contributed by atoms with E-state index in [4.69, 9.17) is 28.9 Å². The molecule has 2 aliphatic heterocycles. The first-order chi connectivity index (χ1) is 31.1. The highest BCUT2D eigenvalue weighted by Gasteiger charge is 2.24. The Bertz CT molecular complexity index is 2930. The number of aromatic amines is 2. The van der Waals surface area contributed by atoms with Crippen LogP contribution in [-0.4, -0.2) is 79.2 Å². The number of nitrogens with zero attached hydrogens (tertiary/aromatic N) is 2. The second-order valence-corrected chi connectivity index (χ2v) is 15.0. The molecule has 5 heterocycles. The quantitative estimate of drug-likeness (QED) is 0.0829. The van der Waals surface area contributed by atoms with Crippen molar-refractivity contribution in [3.05, 3.63) is 168 Å². The SMILES string of the molecule is COCCOCCOCCOCC(=O)NC1=Cc2nc1c(-c1ccccc1)c1ccc([nH]1)c(-c1ccccc1)c1nc(c(-c3ccccc3)c3ccc([nH]3)c2-c2ccccc2)C=C1. The van der Waals surface area contributed by atoms with E-state index in [-0.39, 0.29) is 19.1 Å². The van der Waals surface area contributed by atoms with Crippen molar-refractivity contribution in [2.24, 2.45) is 0 Å². The number of H-pyrrole nitrogens is 2. The first-order valence-electron chi connectivity index (χ1n) is 21.1. The molecular formula is C53H47N5O5. The van der Waals surface area contributed by atoms with Gasteiger partial charge in [-0.05, 0) is 64.7 Å². The van der Waals surface area contributed by atoms with Gasteiger partial charge in [-0.2, -0.15) is 0 Å². The fourth-order valence-electron chi connectivity index (χ4n) is 7.94. The lowest BCUT2D eigenvalue weighted by molar-refractivity contribution is -0.125. The van der Waals surface area contributed by atoms with Crippen LogP contribution in [0.2, 0.25) is 0 Å². The van der Waals surface area contributed by atoms with Gasteiger partial charge in [-0.3, -0.25) is 4.79 Å². The summed E-state index contributed by atoms with van der Waals surface area (Å²) >= 11 is 0. The molecule has 63 heavy (non-hydrogen) atoms. The molecule has 0 atom stereocenters. The van der Waals surface area contributed by atoms with Crippen molar-refractivity contribution in [2.45, 2.75) is 0 Å². The summed E-state index contributed by atoms with van der Waals surface area (Å²) in [6.45, 7) is 2.33. The van der Waals surface area contributed by atoms with Gasteiger partial charge in [0.15, 0.2) is 0 Å².